The van der Waals surface area contributed by atoms with Crippen LogP contribution in [0.15, 0.2) is 12.1 Å². The number of amides is 2. The van der Waals surface area contributed by atoms with Crippen LogP contribution in [-0.2, 0) is 35.8 Å². The molecular formula is C25H39N3O7S. The Morgan fingerprint density at radius 2 is 1.53 bits per heavy atom. The Morgan fingerprint density at radius 1 is 1.00 bits per heavy atom. The summed E-state index contributed by atoms with van der Waals surface area (Å²) in [7, 11) is 0. The second-order valence-electron chi connectivity index (χ2n) is 10.8. The first kappa shape index (κ1) is 31.2. The zero-order chi connectivity index (χ0) is 27.8. The van der Waals surface area contributed by atoms with Crippen LogP contribution in [0.4, 0.5) is 0 Å². The summed E-state index contributed by atoms with van der Waals surface area (Å²) in [5.74, 6) is -2.77. The maximum atomic E-state index is 12.5. The minimum absolute atomic E-state index is 0.101. The first-order chi connectivity index (χ1) is 16.4. The fourth-order valence-electron chi connectivity index (χ4n) is 3.36. The number of carboxylic acids is 2. The lowest BCUT2D eigenvalue weighted by Gasteiger charge is -2.28. The molecule has 1 aromatic carbocycles. The molecule has 0 unspecified atom stereocenters. The fourth-order valence-corrected chi connectivity index (χ4v) is 4.35. The van der Waals surface area contributed by atoms with E-state index in [2.05, 4.69) is 10.6 Å². The lowest BCUT2D eigenvalue weighted by molar-refractivity contribution is -0.139. The number of benzene rings is 1. The fraction of sp³-hybridized carbons (Fsp3) is 0.600. The van der Waals surface area contributed by atoms with Crippen LogP contribution in [0.5, 0.6) is 5.75 Å². The van der Waals surface area contributed by atoms with Gasteiger partial charge < -0.3 is 31.7 Å². The Balaban J connectivity index is 3.02. The molecule has 0 radical (unpaired) electrons. The zero-order valence-electron chi connectivity index (χ0n) is 21.8. The van der Waals surface area contributed by atoms with Gasteiger partial charge in [0, 0.05) is 17.9 Å². The first-order valence-corrected chi connectivity index (χ1v) is 12.8. The van der Waals surface area contributed by atoms with Crippen LogP contribution in [0.2, 0.25) is 0 Å². The minimum atomic E-state index is -1.23. The van der Waals surface area contributed by atoms with E-state index < -0.39 is 42.4 Å². The number of phenolic OH excluding ortho intramolecular Hbond substituents is 1. The topological polar surface area (TPSA) is 179 Å². The van der Waals surface area contributed by atoms with Crippen molar-refractivity contribution in [3.63, 3.8) is 0 Å². The summed E-state index contributed by atoms with van der Waals surface area (Å²) in [6.07, 6.45) is -0.293. The Morgan fingerprint density at radius 3 is 1.97 bits per heavy atom. The Labute approximate surface area is 216 Å². The Hall–Kier alpha value is -2.79. The number of nitrogens with two attached hydrogens (primary N) is 1. The maximum Gasteiger partial charge on any atom is 0.322 e. The van der Waals surface area contributed by atoms with Gasteiger partial charge in [-0.25, -0.2) is 0 Å². The molecule has 7 N–H and O–H groups in total. The summed E-state index contributed by atoms with van der Waals surface area (Å²) in [4.78, 5) is 46.6. The zero-order valence-corrected chi connectivity index (χ0v) is 22.6. The van der Waals surface area contributed by atoms with Gasteiger partial charge in [-0.1, -0.05) is 53.7 Å². The van der Waals surface area contributed by atoms with Crippen LogP contribution in [0.1, 0.15) is 71.1 Å². The molecule has 36 heavy (non-hydrogen) atoms. The van der Waals surface area contributed by atoms with Crippen molar-refractivity contribution in [3.8, 4) is 5.75 Å². The van der Waals surface area contributed by atoms with Gasteiger partial charge in [-0.05, 0) is 33.9 Å². The third kappa shape index (κ3) is 10.1. The van der Waals surface area contributed by atoms with Gasteiger partial charge in [-0.3, -0.25) is 19.2 Å². The lowest BCUT2D eigenvalue weighted by atomic mass is 9.78. The summed E-state index contributed by atoms with van der Waals surface area (Å²) < 4.78 is 0. The number of carbonyl (C=O) groups excluding carboxylic acids is 2. The summed E-state index contributed by atoms with van der Waals surface area (Å²) in [6, 6.07) is 1.64. The molecule has 0 aliphatic heterocycles. The van der Waals surface area contributed by atoms with E-state index in [1.807, 2.05) is 53.7 Å². The van der Waals surface area contributed by atoms with Crippen molar-refractivity contribution in [1.29, 1.82) is 0 Å². The molecule has 2 amide bonds. The van der Waals surface area contributed by atoms with E-state index in [4.69, 9.17) is 15.9 Å². The van der Waals surface area contributed by atoms with E-state index in [9.17, 15) is 24.3 Å². The number of aliphatic carboxylic acids is 2. The second kappa shape index (κ2) is 13.0. The number of aromatic hydroxyl groups is 1. The van der Waals surface area contributed by atoms with E-state index in [1.165, 1.54) is 11.8 Å². The molecule has 0 saturated carbocycles. The molecule has 0 bridgehead atoms. The number of thioether (sulfide) groups is 1. The number of rotatable bonds is 12. The highest BCUT2D eigenvalue weighted by Gasteiger charge is 2.27. The SMILES string of the molecule is CC(C)(C)c1cc(CSC[C@H](NC(=O)CC[C@H](N)C(=O)O)C(=O)NCC(=O)O)cc(C(C)(C)C)c1O. The van der Waals surface area contributed by atoms with Crippen LogP contribution in [-0.4, -0.2) is 63.5 Å². The van der Waals surface area contributed by atoms with Gasteiger partial charge in [0.1, 0.15) is 24.4 Å². The number of carboxylic acid groups (broad SMARTS) is 2. The van der Waals surface area contributed by atoms with Crippen LogP contribution in [0, 0.1) is 0 Å². The predicted molar refractivity (Wildman–Crippen MR) is 139 cm³/mol. The van der Waals surface area contributed by atoms with E-state index in [0.29, 0.717) is 5.75 Å². The smallest absolute Gasteiger partial charge is 0.322 e. The molecule has 1 rings (SSSR count). The first-order valence-electron chi connectivity index (χ1n) is 11.6. The summed E-state index contributed by atoms with van der Waals surface area (Å²) in [5.41, 5.74) is 7.40. The van der Waals surface area contributed by atoms with Gasteiger partial charge in [-0.15, -0.1) is 0 Å². The van der Waals surface area contributed by atoms with Gasteiger partial charge in [-0.2, -0.15) is 11.8 Å². The maximum absolute atomic E-state index is 12.5. The predicted octanol–water partition coefficient (Wildman–Crippen LogP) is 2.10. The molecule has 0 aromatic heterocycles. The molecule has 2 atom stereocenters. The van der Waals surface area contributed by atoms with Crippen molar-refractivity contribution in [2.45, 2.75) is 83.1 Å². The van der Waals surface area contributed by atoms with Gasteiger partial charge >= 0.3 is 11.9 Å². The van der Waals surface area contributed by atoms with Crippen molar-refractivity contribution < 1.29 is 34.5 Å². The highest BCUT2D eigenvalue weighted by Crippen LogP contribution is 2.40. The van der Waals surface area contributed by atoms with Crippen molar-refractivity contribution in [1.82, 2.24) is 10.6 Å². The van der Waals surface area contributed by atoms with Crippen LogP contribution in [0.25, 0.3) is 0 Å². The van der Waals surface area contributed by atoms with Crippen molar-refractivity contribution in [2.75, 3.05) is 12.3 Å². The average Bonchev–Trinajstić information content (AvgIpc) is 2.74. The number of phenols is 1. The quantitative estimate of drug-likeness (QED) is 0.238. The highest BCUT2D eigenvalue weighted by molar-refractivity contribution is 7.98. The monoisotopic (exact) mass is 525 g/mol. The molecule has 10 nitrogen and oxygen atoms in total. The molecule has 1 aromatic rings. The van der Waals surface area contributed by atoms with E-state index in [0.717, 1.165) is 16.7 Å². The van der Waals surface area contributed by atoms with E-state index >= 15 is 0 Å². The number of hydrogen-bond donors (Lipinski definition) is 6. The van der Waals surface area contributed by atoms with Crippen LogP contribution in [0.3, 0.4) is 0 Å². The van der Waals surface area contributed by atoms with Gasteiger partial charge in [0.15, 0.2) is 0 Å². The number of nitrogens with one attached hydrogen (secondary N) is 2. The number of carbonyl (C=O) groups is 4. The normalized spacial score (nSPS) is 13.5. The van der Waals surface area contributed by atoms with Gasteiger partial charge in [0.2, 0.25) is 11.8 Å². The van der Waals surface area contributed by atoms with Crippen LogP contribution >= 0.6 is 11.8 Å². The molecule has 11 heteroatoms. The molecule has 0 aliphatic rings. The van der Waals surface area contributed by atoms with Crippen LogP contribution < -0.4 is 16.4 Å². The number of hydrogen-bond acceptors (Lipinski definition) is 7. The standard InChI is InChI=1S/C25H39N3O7S/c1-24(2,3)15-9-14(10-16(21(15)32)25(4,5)6)12-36-13-18(22(33)27-11-20(30)31)28-19(29)8-7-17(26)23(34)35/h9-10,17-18,32H,7-8,11-13,26H2,1-6H3,(H,27,33)(H,28,29)(H,30,31)(H,34,35)/t17-,18-/m0/s1. The molecule has 0 spiro atoms. The van der Waals surface area contributed by atoms with Gasteiger partial charge in [0.25, 0.3) is 0 Å². The third-order valence-corrected chi connectivity index (χ3v) is 6.51. The van der Waals surface area contributed by atoms with Crippen molar-refractivity contribution in [2.24, 2.45) is 5.73 Å². The summed E-state index contributed by atoms with van der Waals surface area (Å²) in [5, 5.41) is 33.4. The summed E-state index contributed by atoms with van der Waals surface area (Å²) in [6.45, 7) is 11.5. The average molecular weight is 526 g/mol. The second-order valence-corrected chi connectivity index (χ2v) is 11.8. The third-order valence-electron chi connectivity index (χ3n) is 5.40. The van der Waals surface area contributed by atoms with E-state index in [-0.39, 0.29) is 35.2 Å². The van der Waals surface area contributed by atoms with Crippen molar-refractivity contribution in [3.05, 3.63) is 28.8 Å². The minimum Gasteiger partial charge on any atom is -0.507 e. The lowest BCUT2D eigenvalue weighted by Crippen LogP contribution is -2.49. The molecule has 202 valence electrons. The van der Waals surface area contributed by atoms with E-state index in [1.54, 1.807) is 0 Å². The molecular weight excluding hydrogens is 486 g/mol. The summed E-state index contributed by atoms with van der Waals surface area (Å²) >= 11 is 1.37. The Kier molecular flexibility index (Phi) is 11.2. The molecule has 0 fully saturated rings. The van der Waals surface area contributed by atoms with Gasteiger partial charge in [0.05, 0.1) is 0 Å². The Bertz CT molecular complexity index is 932. The molecule has 0 saturated heterocycles. The molecule has 0 aliphatic carbocycles. The molecule has 0 heterocycles. The largest absolute Gasteiger partial charge is 0.507 e. The highest BCUT2D eigenvalue weighted by atomic mass is 32.2. The van der Waals surface area contributed by atoms with Crippen molar-refractivity contribution >= 4 is 35.5 Å².